The van der Waals surface area contributed by atoms with Crippen molar-refractivity contribution in [1.29, 1.82) is 0 Å². The van der Waals surface area contributed by atoms with Gasteiger partial charge in [0.1, 0.15) is 17.3 Å². The maximum atomic E-state index is 12.1. The average Bonchev–Trinajstić information content (AvgIpc) is 2.94. The Morgan fingerprint density at radius 3 is 2.65 bits per heavy atom. The van der Waals surface area contributed by atoms with Crippen LogP contribution in [0.4, 0.5) is 5.82 Å². The summed E-state index contributed by atoms with van der Waals surface area (Å²) in [6, 6.07) is 3.92. The Hall–Kier alpha value is -2.15. The number of carbonyl (C=O) groups is 1. The maximum absolute atomic E-state index is 12.1. The lowest BCUT2D eigenvalue weighted by Gasteiger charge is -2.25. The van der Waals surface area contributed by atoms with Crippen molar-refractivity contribution in [3.05, 3.63) is 29.5 Å². The second-order valence-electron chi connectivity index (χ2n) is 5.33. The van der Waals surface area contributed by atoms with Crippen LogP contribution in [0.3, 0.4) is 0 Å². The van der Waals surface area contributed by atoms with E-state index in [0.29, 0.717) is 6.42 Å². The minimum Gasteiger partial charge on any atom is -0.496 e. The number of aryl methyl sites for hydroxylation is 1. The number of ether oxygens (including phenoxy) is 2. The molecule has 1 N–H and O–H groups in total. The lowest BCUT2D eigenvalue weighted by molar-refractivity contribution is -0.116. The molecule has 3 rings (SSSR count). The topological polar surface area (TPSA) is 65.4 Å². The Kier molecular flexibility index (Phi) is 4.21. The first kappa shape index (κ1) is 15.7. The fourth-order valence-corrected chi connectivity index (χ4v) is 3.51. The second kappa shape index (κ2) is 6.16. The normalized spacial score (nSPS) is 16.7. The van der Waals surface area contributed by atoms with Gasteiger partial charge in [-0.25, -0.2) is 0 Å². The van der Waals surface area contributed by atoms with Crippen molar-refractivity contribution >= 4 is 23.5 Å². The second-order valence-corrected chi connectivity index (χ2v) is 6.17. The van der Waals surface area contributed by atoms with E-state index in [-0.39, 0.29) is 11.8 Å². The maximum Gasteiger partial charge on any atom is 0.226 e. The van der Waals surface area contributed by atoms with Crippen molar-refractivity contribution in [3.8, 4) is 11.5 Å². The third-order valence-electron chi connectivity index (χ3n) is 4.10. The molecular formula is C16H19N3O3S. The number of anilines is 1. The number of hydrogen-bond acceptors (Lipinski definition) is 5. The standard InChI is InChI=1S/C16H19N3O3S/c1-19-16-11(8-17-19)9(6-15(20)18-16)10-5-13(22-3)14(23-4)7-12(10)21-2/h5,7-9H,6H2,1-4H3,(H,18,20)/t9-/m0/s1. The van der Waals surface area contributed by atoms with Crippen molar-refractivity contribution in [2.24, 2.45) is 7.05 Å². The number of methoxy groups -OCH3 is 2. The minimum atomic E-state index is -0.104. The molecule has 6 nitrogen and oxygen atoms in total. The average molecular weight is 333 g/mol. The summed E-state index contributed by atoms with van der Waals surface area (Å²) in [7, 11) is 5.10. The summed E-state index contributed by atoms with van der Waals surface area (Å²) in [5.41, 5.74) is 1.93. The molecule has 1 aliphatic rings. The molecular weight excluding hydrogens is 314 g/mol. The molecule has 0 fully saturated rings. The molecule has 1 aromatic carbocycles. The molecule has 1 atom stereocenters. The number of benzene rings is 1. The number of carbonyl (C=O) groups excluding carboxylic acids is 1. The summed E-state index contributed by atoms with van der Waals surface area (Å²) in [5.74, 6) is 2.14. The highest BCUT2D eigenvalue weighted by Gasteiger charge is 2.31. The molecule has 1 amide bonds. The van der Waals surface area contributed by atoms with Crippen LogP contribution in [0, 0.1) is 0 Å². The molecule has 0 saturated carbocycles. The van der Waals surface area contributed by atoms with Crippen molar-refractivity contribution in [2.75, 3.05) is 25.8 Å². The molecule has 0 radical (unpaired) electrons. The van der Waals surface area contributed by atoms with Crippen LogP contribution in [-0.2, 0) is 11.8 Å². The van der Waals surface area contributed by atoms with Crippen LogP contribution in [0.1, 0.15) is 23.5 Å². The number of fused-ring (bicyclic) bond motifs is 1. The predicted octanol–water partition coefficient (Wildman–Crippen LogP) is 2.63. The monoisotopic (exact) mass is 333 g/mol. The molecule has 0 saturated heterocycles. The fourth-order valence-electron chi connectivity index (χ4n) is 2.94. The molecule has 2 aromatic rings. The largest absolute Gasteiger partial charge is 0.496 e. The Morgan fingerprint density at radius 2 is 2.00 bits per heavy atom. The van der Waals surface area contributed by atoms with Gasteiger partial charge in [0.15, 0.2) is 0 Å². The zero-order valence-corrected chi connectivity index (χ0v) is 14.4. The lowest BCUT2D eigenvalue weighted by Crippen LogP contribution is -2.24. The van der Waals surface area contributed by atoms with E-state index in [2.05, 4.69) is 10.4 Å². The van der Waals surface area contributed by atoms with Crippen molar-refractivity contribution in [3.63, 3.8) is 0 Å². The van der Waals surface area contributed by atoms with Crippen LogP contribution in [0.5, 0.6) is 11.5 Å². The van der Waals surface area contributed by atoms with Crippen molar-refractivity contribution < 1.29 is 14.3 Å². The summed E-state index contributed by atoms with van der Waals surface area (Å²) in [4.78, 5) is 13.1. The smallest absolute Gasteiger partial charge is 0.226 e. The van der Waals surface area contributed by atoms with Gasteiger partial charge >= 0.3 is 0 Å². The summed E-state index contributed by atoms with van der Waals surface area (Å²) < 4.78 is 12.7. The summed E-state index contributed by atoms with van der Waals surface area (Å²) in [6.07, 6.45) is 4.15. The SMILES string of the molecule is COc1cc([C@@H]2CC(=O)Nc3c2cnn3C)c(OC)cc1SC. The van der Waals surface area contributed by atoms with Gasteiger partial charge in [0, 0.05) is 30.5 Å². The molecule has 7 heteroatoms. The van der Waals surface area contributed by atoms with Gasteiger partial charge < -0.3 is 14.8 Å². The number of thioether (sulfide) groups is 1. The molecule has 0 spiro atoms. The lowest BCUT2D eigenvalue weighted by atomic mass is 9.86. The van der Waals surface area contributed by atoms with Gasteiger partial charge in [-0.15, -0.1) is 11.8 Å². The van der Waals surface area contributed by atoms with Crippen LogP contribution in [0.15, 0.2) is 23.2 Å². The summed E-state index contributed by atoms with van der Waals surface area (Å²) in [6.45, 7) is 0. The Bertz CT molecular complexity index is 757. The number of nitrogens with zero attached hydrogens (tertiary/aromatic N) is 2. The molecule has 1 aromatic heterocycles. The van der Waals surface area contributed by atoms with Gasteiger partial charge in [-0.1, -0.05) is 0 Å². The molecule has 0 aliphatic carbocycles. The number of nitrogens with one attached hydrogen (secondary N) is 1. The van der Waals surface area contributed by atoms with E-state index in [9.17, 15) is 4.79 Å². The molecule has 23 heavy (non-hydrogen) atoms. The minimum absolute atomic E-state index is 0.0268. The van der Waals surface area contributed by atoms with Gasteiger partial charge in [0.25, 0.3) is 0 Å². The zero-order chi connectivity index (χ0) is 16.6. The number of amides is 1. The molecule has 2 heterocycles. The van der Waals surface area contributed by atoms with Gasteiger partial charge in [-0.2, -0.15) is 5.10 Å². The Morgan fingerprint density at radius 1 is 1.26 bits per heavy atom. The number of hydrogen-bond donors (Lipinski definition) is 1. The zero-order valence-electron chi connectivity index (χ0n) is 13.5. The van der Waals surface area contributed by atoms with E-state index in [1.807, 2.05) is 25.4 Å². The Labute approximate surface area is 139 Å². The Balaban J connectivity index is 2.16. The van der Waals surface area contributed by atoms with Crippen molar-refractivity contribution in [1.82, 2.24) is 9.78 Å². The first-order valence-electron chi connectivity index (χ1n) is 7.20. The third kappa shape index (κ3) is 2.65. The van der Waals surface area contributed by atoms with E-state index < -0.39 is 0 Å². The van der Waals surface area contributed by atoms with E-state index in [1.54, 1.807) is 36.9 Å². The summed E-state index contributed by atoms with van der Waals surface area (Å²) >= 11 is 1.59. The van der Waals surface area contributed by atoms with Gasteiger partial charge in [0.05, 0.1) is 25.3 Å². The van der Waals surface area contributed by atoms with Crippen LogP contribution in [0.2, 0.25) is 0 Å². The summed E-state index contributed by atoms with van der Waals surface area (Å²) in [5, 5.41) is 7.15. The number of rotatable bonds is 4. The first-order chi connectivity index (χ1) is 11.1. The van der Waals surface area contributed by atoms with Gasteiger partial charge in [-0.3, -0.25) is 9.48 Å². The highest BCUT2D eigenvalue weighted by atomic mass is 32.2. The van der Waals surface area contributed by atoms with Gasteiger partial charge in [0.2, 0.25) is 5.91 Å². The molecule has 122 valence electrons. The predicted molar refractivity (Wildman–Crippen MR) is 89.6 cm³/mol. The quantitative estimate of drug-likeness (QED) is 0.872. The van der Waals surface area contributed by atoms with E-state index in [4.69, 9.17) is 9.47 Å². The first-order valence-corrected chi connectivity index (χ1v) is 8.43. The molecule has 0 bridgehead atoms. The van der Waals surface area contributed by atoms with Crippen LogP contribution in [0.25, 0.3) is 0 Å². The van der Waals surface area contributed by atoms with E-state index >= 15 is 0 Å². The highest BCUT2D eigenvalue weighted by molar-refractivity contribution is 7.98. The van der Waals surface area contributed by atoms with Crippen LogP contribution in [-0.4, -0.2) is 36.2 Å². The van der Waals surface area contributed by atoms with Crippen LogP contribution < -0.4 is 14.8 Å². The fraction of sp³-hybridized carbons (Fsp3) is 0.375. The van der Waals surface area contributed by atoms with E-state index in [1.165, 1.54) is 0 Å². The van der Waals surface area contributed by atoms with Crippen molar-refractivity contribution in [2.45, 2.75) is 17.2 Å². The highest BCUT2D eigenvalue weighted by Crippen LogP contribution is 2.44. The van der Waals surface area contributed by atoms with Gasteiger partial charge in [-0.05, 0) is 18.4 Å². The molecule has 1 aliphatic heterocycles. The molecule has 0 unspecified atom stereocenters. The van der Waals surface area contributed by atoms with E-state index in [0.717, 1.165) is 33.3 Å². The number of aromatic nitrogens is 2. The van der Waals surface area contributed by atoms with Crippen LogP contribution >= 0.6 is 11.8 Å². The third-order valence-corrected chi connectivity index (χ3v) is 4.86.